The van der Waals surface area contributed by atoms with E-state index in [1.165, 1.54) is 22.3 Å². The minimum atomic E-state index is 0.100. The van der Waals surface area contributed by atoms with Crippen LogP contribution in [0.1, 0.15) is 61.3 Å². The summed E-state index contributed by atoms with van der Waals surface area (Å²) in [5.41, 5.74) is 7.31. The topological polar surface area (TPSA) is 20.2 Å². The van der Waals surface area contributed by atoms with Crippen molar-refractivity contribution < 1.29 is 5.11 Å². The highest BCUT2D eigenvalue weighted by Gasteiger charge is 1.87. The Kier molecular flexibility index (Phi) is 16.6. The van der Waals surface area contributed by atoms with Gasteiger partial charge in [-0.3, -0.25) is 0 Å². The maximum Gasteiger partial charge on any atom is 0.0642 e. The first-order chi connectivity index (χ1) is 14.7. The molecule has 0 fully saturated rings. The summed E-state index contributed by atoms with van der Waals surface area (Å²) < 4.78 is 0. The Morgan fingerprint density at radius 3 is 1.42 bits per heavy atom. The molecule has 0 aromatic rings. The normalized spacial score (nSPS) is 15.3. The van der Waals surface area contributed by atoms with E-state index in [-0.39, 0.29) is 6.61 Å². The SMILES string of the molecule is CC(C)=CCCC(C)=CC=CC(C)=CC=CC=C(C)C=CC=C(C)C=CC=C(C)CO. The van der Waals surface area contributed by atoms with Gasteiger partial charge in [-0.05, 0) is 66.9 Å². The van der Waals surface area contributed by atoms with Crippen LogP contribution in [0, 0.1) is 0 Å². The van der Waals surface area contributed by atoms with Crippen molar-refractivity contribution in [3.05, 3.63) is 119 Å². The van der Waals surface area contributed by atoms with Crippen LogP contribution in [0.5, 0.6) is 0 Å². The molecule has 0 aromatic heterocycles. The highest BCUT2D eigenvalue weighted by molar-refractivity contribution is 5.31. The minimum absolute atomic E-state index is 0.100. The highest BCUT2D eigenvalue weighted by Crippen LogP contribution is 2.07. The van der Waals surface area contributed by atoms with Gasteiger partial charge in [0.05, 0.1) is 6.61 Å². The molecule has 0 aliphatic carbocycles. The van der Waals surface area contributed by atoms with E-state index in [0.717, 1.165) is 24.0 Å². The largest absolute Gasteiger partial charge is 0.392 e. The fourth-order valence-electron chi connectivity index (χ4n) is 2.39. The van der Waals surface area contributed by atoms with Crippen molar-refractivity contribution in [2.45, 2.75) is 61.3 Å². The highest BCUT2D eigenvalue weighted by atomic mass is 16.3. The molecule has 1 heteroatoms. The Bertz CT molecular complexity index is 824. The molecule has 0 rings (SSSR count). The third-order valence-electron chi connectivity index (χ3n) is 4.37. The number of rotatable bonds is 12. The number of hydrogen-bond donors (Lipinski definition) is 1. The van der Waals surface area contributed by atoms with Crippen molar-refractivity contribution in [3.8, 4) is 0 Å². The first kappa shape index (κ1) is 28.4. The molecule has 1 N–H and O–H groups in total. The lowest BCUT2D eigenvalue weighted by Gasteiger charge is -1.96. The molecule has 0 saturated heterocycles. The summed E-state index contributed by atoms with van der Waals surface area (Å²) in [6.07, 6.45) is 31.5. The van der Waals surface area contributed by atoms with Crippen molar-refractivity contribution in [2.75, 3.05) is 6.61 Å². The molecule has 1 nitrogen and oxygen atoms in total. The summed E-state index contributed by atoms with van der Waals surface area (Å²) in [4.78, 5) is 0. The zero-order valence-corrected chi connectivity index (χ0v) is 20.7. The van der Waals surface area contributed by atoms with Crippen LogP contribution < -0.4 is 0 Å². The maximum atomic E-state index is 8.97. The van der Waals surface area contributed by atoms with E-state index in [1.807, 2.05) is 25.2 Å². The van der Waals surface area contributed by atoms with Crippen LogP contribution in [0.4, 0.5) is 0 Å². The molecule has 0 atom stereocenters. The van der Waals surface area contributed by atoms with E-state index >= 15 is 0 Å². The van der Waals surface area contributed by atoms with Crippen molar-refractivity contribution in [2.24, 2.45) is 0 Å². The predicted octanol–water partition coefficient (Wildman–Crippen LogP) is 8.68. The third kappa shape index (κ3) is 19.1. The quantitative estimate of drug-likeness (QED) is 0.248. The Hall–Kier alpha value is -2.64. The van der Waals surface area contributed by atoms with Gasteiger partial charge < -0.3 is 5.11 Å². The maximum absolute atomic E-state index is 8.97. The monoisotopic (exact) mass is 418 g/mol. The van der Waals surface area contributed by atoms with Crippen LogP contribution >= 0.6 is 0 Å². The average molecular weight is 419 g/mol. The smallest absolute Gasteiger partial charge is 0.0642 e. The fraction of sp³-hybridized carbons (Fsp3) is 0.333. The van der Waals surface area contributed by atoms with Gasteiger partial charge in [0.15, 0.2) is 0 Å². The second-order valence-corrected chi connectivity index (χ2v) is 8.20. The van der Waals surface area contributed by atoms with Gasteiger partial charge in [0.1, 0.15) is 0 Å². The van der Waals surface area contributed by atoms with Gasteiger partial charge in [-0.25, -0.2) is 0 Å². The van der Waals surface area contributed by atoms with Gasteiger partial charge in [-0.15, -0.1) is 0 Å². The summed E-state index contributed by atoms with van der Waals surface area (Å²) in [6.45, 7) is 14.7. The minimum Gasteiger partial charge on any atom is -0.392 e. The van der Waals surface area contributed by atoms with Crippen LogP contribution in [0.2, 0.25) is 0 Å². The van der Waals surface area contributed by atoms with Crippen molar-refractivity contribution in [1.29, 1.82) is 0 Å². The fourth-order valence-corrected chi connectivity index (χ4v) is 2.39. The number of hydrogen-bond acceptors (Lipinski definition) is 1. The standard InChI is InChI=1S/C30H42O/c1-25(2)14-10-17-28(5)20-11-18-26(3)15-8-9-16-27(4)19-12-21-29(6)22-13-23-30(7)24-31/h8-9,11-16,18-23,31H,10,17,24H2,1-7H3. The van der Waals surface area contributed by atoms with E-state index < -0.39 is 0 Å². The molecule has 0 saturated carbocycles. The Balaban J connectivity index is 4.60. The molecule has 0 spiro atoms. The Labute approximate surface area is 191 Å². The van der Waals surface area contributed by atoms with E-state index in [0.29, 0.717) is 0 Å². The number of allylic oxidation sites excluding steroid dienone is 19. The summed E-state index contributed by atoms with van der Waals surface area (Å²) >= 11 is 0. The molecule has 31 heavy (non-hydrogen) atoms. The van der Waals surface area contributed by atoms with Crippen molar-refractivity contribution in [1.82, 2.24) is 0 Å². The lowest BCUT2D eigenvalue weighted by molar-refractivity contribution is 0.331. The van der Waals surface area contributed by atoms with Gasteiger partial charge >= 0.3 is 0 Å². The third-order valence-corrected chi connectivity index (χ3v) is 4.37. The molecular weight excluding hydrogens is 376 g/mol. The predicted molar refractivity (Wildman–Crippen MR) is 141 cm³/mol. The summed E-state index contributed by atoms with van der Waals surface area (Å²) in [5.74, 6) is 0. The second-order valence-electron chi connectivity index (χ2n) is 8.20. The van der Waals surface area contributed by atoms with Crippen LogP contribution in [0.25, 0.3) is 0 Å². The van der Waals surface area contributed by atoms with Crippen LogP contribution in [0.3, 0.4) is 0 Å². The number of aliphatic hydroxyl groups is 1. The Morgan fingerprint density at radius 1 is 0.548 bits per heavy atom. The van der Waals surface area contributed by atoms with Crippen LogP contribution in [0.15, 0.2) is 119 Å². The molecule has 0 aliphatic rings. The van der Waals surface area contributed by atoms with Crippen molar-refractivity contribution >= 4 is 0 Å². The van der Waals surface area contributed by atoms with E-state index in [2.05, 4.69) is 108 Å². The molecule has 168 valence electrons. The van der Waals surface area contributed by atoms with Gasteiger partial charge in [0.25, 0.3) is 0 Å². The van der Waals surface area contributed by atoms with E-state index in [1.54, 1.807) is 0 Å². The van der Waals surface area contributed by atoms with Gasteiger partial charge in [0.2, 0.25) is 0 Å². The molecule has 0 bridgehead atoms. The Morgan fingerprint density at radius 2 is 0.968 bits per heavy atom. The van der Waals surface area contributed by atoms with Gasteiger partial charge in [-0.1, -0.05) is 113 Å². The summed E-state index contributed by atoms with van der Waals surface area (Å²) in [6, 6.07) is 0. The van der Waals surface area contributed by atoms with E-state index in [4.69, 9.17) is 5.11 Å². The molecular formula is C30H42O. The van der Waals surface area contributed by atoms with Gasteiger partial charge in [-0.2, -0.15) is 0 Å². The first-order valence-corrected chi connectivity index (χ1v) is 11.0. The molecule has 0 aliphatic heterocycles. The zero-order chi connectivity index (χ0) is 23.5. The summed E-state index contributed by atoms with van der Waals surface area (Å²) in [5, 5.41) is 8.97. The second kappa shape index (κ2) is 18.2. The van der Waals surface area contributed by atoms with Crippen molar-refractivity contribution in [3.63, 3.8) is 0 Å². The van der Waals surface area contributed by atoms with Crippen LogP contribution in [-0.2, 0) is 0 Å². The van der Waals surface area contributed by atoms with Crippen LogP contribution in [-0.4, -0.2) is 11.7 Å². The molecule has 0 amide bonds. The lowest BCUT2D eigenvalue weighted by atomic mass is 10.1. The molecule has 0 radical (unpaired) electrons. The van der Waals surface area contributed by atoms with Gasteiger partial charge in [0, 0.05) is 0 Å². The van der Waals surface area contributed by atoms with E-state index in [9.17, 15) is 0 Å². The summed E-state index contributed by atoms with van der Waals surface area (Å²) in [7, 11) is 0. The average Bonchev–Trinajstić information content (AvgIpc) is 2.70. The molecule has 0 unspecified atom stereocenters. The number of aliphatic hydroxyl groups excluding tert-OH is 1. The zero-order valence-electron chi connectivity index (χ0n) is 20.7. The molecule has 0 heterocycles. The first-order valence-electron chi connectivity index (χ1n) is 11.0. The lowest BCUT2D eigenvalue weighted by Crippen LogP contribution is -1.81. The molecule has 0 aromatic carbocycles.